The van der Waals surface area contributed by atoms with Gasteiger partial charge in [0.1, 0.15) is 6.42 Å². The molecule has 1 aliphatic rings. The van der Waals surface area contributed by atoms with Crippen molar-refractivity contribution >= 4 is 17.5 Å². The van der Waals surface area contributed by atoms with Gasteiger partial charge < -0.3 is 10.2 Å². The Labute approximate surface area is 129 Å². The Morgan fingerprint density at radius 3 is 2.73 bits per heavy atom. The summed E-state index contributed by atoms with van der Waals surface area (Å²) in [5, 5.41) is 2.76. The quantitative estimate of drug-likeness (QED) is 0.873. The first-order valence-corrected chi connectivity index (χ1v) is 7.28. The number of carbonyl (C=O) groups is 2. The zero-order valence-electron chi connectivity index (χ0n) is 12.2. The van der Waals surface area contributed by atoms with Crippen molar-refractivity contribution in [1.29, 1.82) is 0 Å². The van der Waals surface area contributed by atoms with E-state index in [0.717, 1.165) is 23.2 Å². The molecule has 2 amide bonds. The first-order valence-electron chi connectivity index (χ1n) is 7.28. The predicted octanol–water partition coefficient (Wildman–Crippen LogP) is 1.68. The molecule has 1 aliphatic heterocycles. The first kappa shape index (κ1) is 14.3. The minimum absolute atomic E-state index is 0.126. The van der Waals surface area contributed by atoms with Crippen molar-refractivity contribution in [3.05, 3.63) is 59.9 Å². The van der Waals surface area contributed by atoms with Crippen LogP contribution in [0.25, 0.3) is 0 Å². The zero-order valence-corrected chi connectivity index (χ0v) is 12.2. The number of amides is 2. The molecule has 1 aromatic heterocycles. The molecule has 0 unspecified atom stereocenters. The van der Waals surface area contributed by atoms with Gasteiger partial charge in [-0.05, 0) is 35.7 Å². The van der Waals surface area contributed by atoms with Crippen LogP contribution in [0.4, 0.5) is 5.69 Å². The summed E-state index contributed by atoms with van der Waals surface area (Å²) in [6.07, 6.45) is 4.07. The lowest BCUT2D eigenvalue weighted by atomic mass is 10.2. The maximum Gasteiger partial charge on any atom is 0.236 e. The van der Waals surface area contributed by atoms with Crippen LogP contribution in [-0.4, -0.2) is 23.3 Å². The Bertz CT molecular complexity index is 685. The Morgan fingerprint density at radius 2 is 1.91 bits per heavy atom. The van der Waals surface area contributed by atoms with E-state index >= 15 is 0 Å². The summed E-state index contributed by atoms with van der Waals surface area (Å²) >= 11 is 0. The maximum absolute atomic E-state index is 12.3. The van der Waals surface area contributed by atoms with Gasteiger partial charge in [-0.1, -0.05) is 18.2 Å². The van der Waals surface area contributed by atoms with Crippen LogP contribution in [-0.2, 0) is 22.6 Å². The highest BCUT2D eigenvalue weighted by molar-refractivity contribution is 6.05. The molecule has 2 aromatic rings. The molecule has 0 fully saturated rings. The third-order valence-electron chi connectivity index (χ3n) is 3.74. The van der Waals surface area contributed by atoms with E-state index < -0.39 is 0 Å². The molecule has 22 heavy (non-hydrogen) atoms. The van der Waals surface area contributed by atoms with E-state index in [2.05, 4.69) is 10.3 Å². The van der Waals surface area contributed by atoms with E-state index in [9.17, 15) is 9.59 Å². The molecular formula is C17H17N3O2. The lowest BCUT2D eigenvalue weighted by Gasteiger charge is -2.17. The maximum atomic E-state index is 12.3. The Morgan fingerprint density at radius 1 is 1.14 bits per heavy atom. The number of benzene rings is 1. The van der Waals surface area contributed by atoms with E-state index in [1.807, 2.05) is 36.4 Å². The Balaban J connectivity index is 1.55. The predicted molar refractivity (Wildman–Crippen MR) is 83.2 cm³/mol. The van der Waals surface area contributed by atoms with Gasteiger partial charge in [-0.3, -0.25) is 14.6 Å². The number of aromatic nitrogens is 1. The van der Waals surface area contributed by atoms with Crippen LogP contribution in [0.1, 0.15) is 17.5 Å². The highest BCUT2D eigenvalue weighted by Crippen LogP contribution is 2.27. The number of anilines is 1. The van der Waals surface area contributed by atoms with Crippen LogP contribution < -0.4 is 10.2 Å². The molecule has 0 saturated carbocycles. The molecule has 0 radical (unpaired) electrons. The monoisotopic (exact) mass is 295 g/mol. The molecule has 0 spiro atoms. The van der Waals surface area contributed by atoms with E-state index in [1.165, 1.54) is 0 Å². The molecule has 2 heterocycles. The second-order valence-corrected chi connectivity index (χ2v) is 5.23. The van der Waals surface area contributed by atoms with Gasteiger partial charge in [0.2, 0.25) is 11.8 Å². The number of fused-ring (bicyclic) bond motifs is 1. The van der Waals surface area contributed by atoms with Gasteiger partial charge in [0.15, 0.2) is 0 Å². The second kappa shape index (κ2) is 6.39. The smallest absolute Gasteiger partial charge is 0.236 e. The average Bonchev–Trinajstić information content (AvgIpc) is 2.98. The van der Waals surface area contributed by atoms with Crippen LogP contribution in [0.2, 0.25) is 0 Å². The van der Waals surface area contributed by atoms with Crippen molar-refractivity contribution in [2.24, 2.45) is 0 Å². The van der Waals surface area contributed by atoms with Gasteiger partial charge in [-0.15, -0.1) is 0 Å². The van der Waals surface area contributed by atoms with Crippen molar-refractivity contribution in [3.63, 3.8) is 0 Å². The molecule has 1 N–H and O–H groups in total. The number of hydrogen-bond donors (Lipinski definition) is 1. The van der Waals surface area contributed by atoms with Gasteiger partial charge in [-0.25, -0.2) is 0 Å². The summed E-state index contributed by atoms with van der Waals surface area (Å²) in [5.41, 5.74) is 3.05. The topological polar surface area (TPSA) is 62.3 Å². The molecule has 0 saturated heterocycles. The zero-order chi connectivity index (χ0) is 15.4. The minimum Gasteiger partial charge on any atom is -0.352 e. The van der Waals surface area contributed by atoms with Crippen molar-refractivity contribution < 1.29 is 9.59 Å². The fourth-order valence-corrected chi connectivity index (χ4v) is 2.59. The van der Waals surface area contributed by atoms with Gasteiger partial charge in [0.25, 0.3) is 0 Å². The SMILES string of the molecule is O=C(CC(=O)N1CCc2ccccc21)NCc1ccncc1. The second-order valence-electron chi connectivity index (χ2n) is 5.23. The standard InChI is InChI=1S/C17H17N3O2/c21-16(19-12-13-5-8-18-9-6-13)11-17(22)20-10-7-14-3-1-2-4-15(14)20/h1-6,8-9H,7,10-12H2,(H,19,21). The fraction of sp³-hybridized carbons (Fsp3) is 0.235. The molecule has 0 bridgehead atoms. The summed E-state index contributed by atoms with van der Waals surface area (Å²) in [6.45, 7) is 1.06. The molecule has 112 valence electrons. The molecule has 3 rings (SSSR count). The van der Waals surface area contributed by atoms with E-state index in [1.54, 1.807) is 17.3 Å². The lowest BCUT2D eigenvalue weighted by molar-refractivity contribution is -0.128. The van der Waals surface area contributed by atoms with Gasteiger partial charge in [-0.2, -0.15) is 0 Å². The van der Waals surface area contributed by atoms with Crippen molar-refractivity contribution in [2.45, 2.75) is 19.4 Å². The number of para-hydroxylation sites is 1. The molecule has 0 atom stereocenters. The van der Waals surface area contributed by atoms with E-state index in [0.29, 0.717) is 13.1 Å². The van der Waals surface area contributed by atoms with Crippen LogP contribution in [0.15, 0.2) is 48.8 Å². The lowest BCUT2D eigenvalue weighted by Crippen LogP contribution is -2.34. The number of nitrogens with zero attached hydrogens (tertiary/aromatic N) is 2. The first-order chi connectivity index (χ1) is 10.7. The van der Waals surface area contributed by atoms with E-state index in [4.69, 9.17) is 0 Å². The van der Waals surface area contributed by atoms with Crippen molar-refractivity contribution in [2.75, 3.05) is 11.4 Å². The summed E-state index contributed by atoms with van der Waals surface area (Å²) in [7, 11) is 0. The van der Waals surface area contributed by atoms with Crippen LogP contribution in [0, 0.1) is 0 Å². The van der Waals surface area contributed by atoms with Gasteiger partial charge in [0.05, 0.1) is 0 Å². The van der Waals surface area contributed by atoms with Gasteiger partial charge in [0, 0.05) is 31.2 Å². The number of pyridine rings is 1. The third kappa shape index (κ3) is 3.14. The Hall–Kier alpha value is -2.69. The number of carbonyl (C=O) groups excluding carboxylic acids is 2. The summed E-state index contributed by atoms with van der Waals surface area (Å²) in [6, 6.07) is 11.5. The molecular weight excluding hydrogens is 278 g/mol. The average molecular weight is 295 g/mol. The van der Waals surface area contributed by atoms with Crippen LogP contribution in [0.3, 0.4) is 0 Å². The molecule has 5 heteroatoms. The fourth-order valence-electron chi connectivity index (χ4n) is 2.59. The Kier molecular flexibility index (Phi) is 4.14. The number of nitrogens with one attached hydrogen (secondary N) is 1. The van der Waals surface area contributed by atoms with E-state index in [-0.39, 0.29) is 18.2 Å². The molecule has 0 aliphatic carbocycles. The van der Waals surface area contributed by atoms with Crippen LogP contribution >= 0.6 is 0 Å². The van der Waals surface area contributed by atoms with Crippen LogP contribution in [0.5, 0.6) is 0 Å². The summed E-state index contributed by atoms with van der Waals surface area (Å²) < 4.78 is 0. The largest absolute Gasteiger partial charge is 0.352 e. The highest BCUT2D eigenvalue weighted by atomic mass is 16.2. The number of hydrogen-bond acceptors (Lipinski definition) is 3. The molecule has 5 nitrogen and oxygen atoms in total. The summed E-state index contributed by atoms with van der Waals surface area (Å²) in [5.74, 6) is -0.414. The third-order valence-corrected chi connectivity index (χ3v) is 3.74. The number of rotatable bonds is 4. The summed E-state index contributed by atoms with van der Waals surface area (Å²) in [4.78, 5) is 29.8. The van der Waals surface area contributed by atoms with Gasteiger partial charge >= 0.3 is 0 Å². The van der Waals surface area contributed by atoms with Crippen molar-refractivity contribution in [1.82, 2.24) is 10.3 Å². The van der Waals surface area contributed by atoms with Crippen molar-refractivity contribution in [3.8, 4) is 0 Å². The normalized spacial score (nSPS) is 12.8. The molecule has 1 aromatic carbocycles. The minimum atomic E-state index is -0.258. The highest BCUT2D eigenvalue weighted by Gasteiger charge is 2.25.